The zero-order valence-corrected chi connectivity index (χ0v) is 11.1. The highest BCUT2D eigenvalue weighted by Gasteiger charge is 2.24. The van der Waals surface area contributed by atoms with Gasteiger partial charge in [-0.1, -0.05) is 18.2 Å². The minimum Gasteiger partial charge on any atom is -0.469 e. The van der Waals surface area contributed by atoms with Crippen LogP contribution in [0, 0.1) is 0 Å². The van der Waals surface area contributed by atoms with E-state index >= 15 is 0 Å². The summed E-state index contributed by atoms with van der Waals surface area (Å²) in [5, 5.41) is 3.69. The normalized spacial score (nSPS) is 10.6. The van der Waals surface area contributed by atoms with Gasteiger partial charge >= 0.3 is 11.9 Å². The van der Waals surface area contributed by atoms with Crippen molar-refractivity contribution in [2.45, 2.75) is 6.42 Å². The number of methoxy groups -OCH3 is 2. The number of anilines is 1. The van der Waals surface area contributed by atoms with E-state index in [2.05, 4.69) is 20.0 Å². The Labute approximate surface area is 115 Å². The second-order valence-electron chi connectivity index (χ2n) is 3.61. The lowest BCUT2D eigenvalue weighted by molar-refractivity contribution is -0.142. The molecule has 0 radical (unpaired) electrons. The van der Waals surface area contributed by atoms with E-state index in [1.165, 1.54) is 0 Å². The first-order valence-corrected chi connectivity index (χ1v) is 5.65. The van der Waals surface area contributed by atoms with Gasteiger partial charge in [-0.15, -0.1) is 0 Å². The van der Waals surface area contributed by atoms with Gasteiger partial charge in [-0.25, -0.2) is 4.79 Å². The topological polar surface area (TPSA) is 94.1 Å². The van der Waals surface area contributed by atoms with Crippen LogP contribution in [0.1, 0.15) is 6.42 Å². The number of carbonyl (C=O) groups excluding carboxylic acids is 3. The zero-order chi connectivity index (χ0) is 15.0. The van der Waals surface area contributed by atoms with Crippen molar-refractivity contribution in [1.29, 1.82) is 0 Å². The van der Waals surface area contributed by atoms with Crippen LogP contribution in [-0.2, 0) is 23.9 Å². The molecule has 0 aliphatic heterocycles. The fourth-order valence-corrected chi connectivity index (χ4v) is 1.24. The summed E-state index contributed by atoms with van der Waals surface area (Å²) in [5.74, 6) is -2.47. The minimum atomic E-state index is -0.928. The average molecular weight is 278 g/mol. The summed E-state index contributed by atoms with van der Waals surface area (Å²) in [6, 6.07) is 8.71. The lowest BCUT2D eigenvalue weighted by Crippen LogP contribution is -2.28. The van der Waals surface area contributed by atoms with Crippen molar-refractivity contribution in [2.75, 3.05) is 19.6 Å². The summed E-state index contributed by atoms with van der Waals surface area (Å²) < 4.78 is 8.81. The molecule has 0 spiro atoms. The molecule has 0 atom stereocenters. The van der Waals surface area contributed by atoms with Crippen LogP contribution in [-0.4, -0.2) is 37.7 Å². The number of para-hydroxylation sites is 1. The van der Waals surface area contributed by atoms with Crippen LogP contribution in [0.5, 0.6) is 0 Å². The third-order valence-corrected chi connectivity index (χ3v) is 2.25. The van der Waals surface area contributed by atoms with E-state index in [0.29, 0.717) is 5.69 Å². The van der Waals surface area contributed by atoms with E-state index in [-0.39, 0.29) is 0 Å². The molecule has 0 aliphatic rings. The Morgan fingerprint density at radius 3 is 2.30 bits per heavy atom. The number of nitrogens with one attached hydrogen (secondary N) is 1. The summed E-state index contributed by atoms with van der Waals surface area (Å²) >= 11 is 0. The fourth-order valence-electron chi connectivity index (χ4n) is 1.24. The van der Waals surface area contributed by atoms with Crippen LogP contribution in [0.4, 0.5) is 5.69 Å². The van der Waals surface area contributed by atoms with Crippen LogP contribution in [0.2, 0.25) is 0 Å². The van der Waals surface area contributed by atoms with Gasteiger partial charge in [-0.2, -0.15) is 5.10 Å². The SMILES string of the molecule is COC(=O)CC(=O)/C(=N\Nc1ccccc1)C(=O)OC. The molecule has 0 bridgehead atoms. The van der Waals surface area contributed by atoms with E-state index in [4.69, 9.17) is 0 Å². The van der Waals surface area contributed by atoms with E-state index in [1.807, 2.05) is 0 Å². The predicted molar refractivity (Wildman–Crippen MR) is 71.2 cm³/mol. The monoisotopic (exact) mass is 278 g/mol. The standard InChI is InChI=1S/C13H14N2O5/c1-19-11(17)8-10(16)12(13(18)20-2)15-14-9-6-4-3-5-7-9/h3-7,14H,8H2,1-2H3/b15-12+. The van der Waals surface area contributed by atoms with Crippen LogP contribution < -0.4 is 5.43 Å². The van der Waals surface area contributed by atoms with E-state index in [0.717, 1.165) is 14.2 Å². The van der Waals surface area contributed by atoms with Gasteiger partial charge in [0, 0.05) is 0 Å². The molecule has 7 nitrogen and oxygen atoms in total. The Balaban J connectivity index is 2.86. The number of hydrogen-bond acceptors (Lipinski definition) is 7. The molecule has 0 unspecified atom stereocenters. The minimum absolute atomic E-state index is 0.498. The first kappa shape index (κ1) is 15.4. The first-order chi connectivity index (χ1) is 9.58. The molecule has 0 aromatic heterocycles. The van der Waals surface area contributed by atoms with Crippen molar-refractivity contribution in [3.63, 3.8) is 0 Å². The predicted octanol–water partition coefficient (Wildman–Crippen LogP) is 0.760. The number of carbonyl (C=O) groups is 3. The van der Waals surface area contributed by atoms with Gasteiger partial charge in [0.2, 0.25) is 11.5 Å². The molecule has 1 rings (SSSR count). The molecule has 0 fully saturated rings. The van der Waals surface area contributed by atoms with Gasteiger partial charge < -0.3 is 9.47 Å². The summed E-state index contributed by atoms with van der Waals surface area (Å²) in [6.45, 7) is 0. The van der Waals surface area contributed by atoms with E-state index in [9.17, 15) is 14.4 Å². The van der Waals surface area contributed by atoms with Crippen LogP contribution in [0.3, 0.4) is 0 Å². The average Bonchev–Trinajstić information content (AvgIpc) is 2.47. The van der Waals surface area contributed by atoms with Crippen molar-refractivity contribution in [3.05, 3.63) is 30.3 Å². The molecule has 0 amide bonds. The smallest absolute Gasteiger partial charge is 0.362 e. The highest BCUT2D eigenvalue weighted by atomic mass is 16.5. The number of esters is 2. The molecule has 1 N–H and O–H groups in total. The van der Waals surface area contributed by atoms with Crippen LogP contribution >= 0.6 is 0 Å². The first-order valence-electron chi connectivity index (χ1n) is 5.65. The molecule has 7 heteroatoms. The Bertz CT molecular complexity index is 525. The number of ketones is 1. The van der Waals surface area contributed by atoms with Gasteiger partial charge in [0.15, 0.2) is 0 Å². The fraction of sp³-hybridized carbons (Fsp3) is 0.231. The quantitative estimate of drug-likeness (QED) is 0.357. The van der Waals surface area contributed by atoms with Crippen molar-refractivity contribution >= 4 is 29.1 Å². The molecule has 20 heavy (non-hydrogen) atoms. The summed E-state index contributed by atoms with van der Waals surface area (Å²) in [5.41, 5.74) is 2.63. The zero-order valence-electron chi connectivity index (χ0n) is 11.1. The second-order valence-corrected chi connectivity index (χ2v) is 3.61. The Morgan fingerprint density at radius 1 is 1.10 bits per heavy atom. The maximum atomic E-state index is 11.8. The molecule has 106 valence electrons. The number of hydrazone groups is 1. The van der Waals surface area contributed by atoms with Gasteiger partial charge in [0.25, 0.3) is 0 Å². The van der Waals surface area contributed by atoms with E-state index < -0.39 is 29.9 Å². The Hall–Kier alpha value is -2.70. The molecule has 0 aliphatic carbocycles. The summed E-state index contributed by atoms with van der Waals surface area (Å²) in [7, 11) is 2.26. The van der Waals surface area contributed by atoms with Crippen LogP contribution in [0.25, 0.3) is 0 Å². The van der Waals surface area contributed by atoms with Gasteiger partial charge in [0.05, 0.1) is 19.9 Å². The van der Waals surface area contributed by atoms with Gasteiger partial charge in [-0.05, 0) is 12.1 Å². The third kappa shape index (κ3) is 4.52. The number of ether oxygens (including phenoxy) is 2. The van der Waals surface area contributed by atoms with Crippen molar-refractivity contribution in [1.82, 2.24) is 0 Å². The molecular formula is C13H14N2O5. The Morgan fingerprint density at radius 2 is 1.75 bits per heavy atom. The Kier molecular flexibility index (Phi) is 5.89. The highest BCUT2D eigenvalue weighted by molar-refractivity contribution is 6.65. The molecular weight excluding hydrogens is 264 g/mol. The second kappa shape index (κ2) is 7.67. The molecule has 0 saturated carbocycles. The lowest BCUT2D eigenvalue weighted by atomic mass is 10.2. The van der Waals surface area contributed by atoms with Gasteiger partial charge in [0.1, 0.15) is 6.42 Å². The number of hydrogen-bond donors (Lipinski definition) is 1. The third-order valence-electron chi connectivity index (χ3n) is 2.25. The number of Topliss-reactive ketones (excluding diaryl/α,β-unsaturated/α-hetero) is 1. The number of rotatable bonds is 6. The largest absolute Gasteiger partial charge is 0.469 e. The number of nitrogens with zero attached hydrogens (tertiary/aromatic N) is 1. The molecule has 1 aromatic carbocycles. The van der Waals surface area contributed by atoms with Crippen molar-refractivity contribution in [3.8, 4) is 0 Å². The summed E-state index contributed by atoms with van der Waals surface area (Å²) in [6.07, 6.45) is -0.582. The molecule has 0 heterocycles. The lowest BCUT2D eigenvalue weighted by Gasteiger charge is -2.04. The highest BCUT2D eigenvalue weighted by Crippen LogP contribution is 2.05. The molecule has 1 aromatic rings. The summed E-state index contributed by atoms with van der Waals surface area (Å²) in [4.78, 5) is 34.3. The van der Waals surface area contributed by atoms with E-state index in [1.54, 1.807) is 30.3 Å². The van der Waals surface area contributed by atoms with Crippen molar-refractivity contribution in [2.24, 2.45) is 5.10 Å². The number of benzene rings is 1. The molecule has 0 saturated heterocycles. The van der Waals surface area contributed by atoms with Gasteiger partial charge in [-0.3, -0.25) is 15.0 Å². The maximum absolute atomic E-state index is 11.8. The van der Waals surface area contributed by atoms with Crippen LogP contribution in [0.15, 0.2) is 35.4 Å². The maximum Gasteiger partial charge on any atom is 0.362 e. The van der Waals surface area contributed by atoms with Crippen molar-refractivity contribution < 1.29 is 23.9 Å².